The van der Waals surface area contributed by atoms with E-state index in [1.54, 1.807) is 25.1 Å². The second-order valence-electron chi connectivity index (χ2n) is 5.91. The summed E-state index contributed by atoms with van der Waals surface area (Å²) in [7, 11) is 0. The van der Waals surface area contributed by atoms with Gasteiger partial charge in [0.25, 0.3) is 0 Å². The van der Waals surface area contributed by atoms with E-state index < -0.39 is 12.0 Å². The maximum absolute atomic E-state index is 12.5. The van der Waals surface area contributed by atoms with Crippen LogP contribution in [0, 0.1) is 5.92 Å². The molecule has 5 nitrogen and oxygen atoms in total. The molecule has 1 aliphatic rings. The van der Waals surface area contributed by atoms with Gasteiger partial charge in [-0.1, -0.05) is 43.6 Å². The van der Waals surface area contributed by atoms with Gasteiger partial charge >= 0.3 is 12.0 Å². The van der Waals surface area contributed by atoms with Gasteiger partial charge < -0.3 is 15.4 Å². The SMILES string of the molecule is CC1=C(C(=O)OCCC(C)C)C(c2ccccc2Cl)NC(=O)N1. The van der Waals surface area contributed by atoms with E-state index in [0.717, 1.165) is 6.42 Å². The number of amides is 2. The van der Waals surface area contributed by atoms with Crippen molar-refractivity contribution < 1.29 is 14.3 Å². The average Bonchev–Trinajstić information content (AvgIpc) is 2.46. The van der Waals surface area contributed by atoms with Crippen LogP contribution in [-0.4, -0.2) is 18.6 Å². The van der Waals surface area contributed by atoms with Gasteiger partial charge in [0.15, 0.2) is 0 Å². The zero-order chi connectivity index (χ0) is 17.0. The molecule has 124 valence electrons. The first-order valence-electron chi connectivity index (χ1n) is 7.60. The molecule has 0 spiro atoms. The van der Waals surface area contributed by atoms with Crippen molar-refractivity contribution in [2.45, 2.75) is 33.2 Å². The Bertz CT molecular complexity index is 640. The monoisotopic (exact) mass is 336 g/mol. The highest BCUT2D eigenvalue weighted by atomic mass is 35.5. The Morgan fingerprint density at radius 3 is 2.70 bits per heavy atom. The average molecular weight is 337 g/mol. The molecule has 1 aromatic carbocycles. The number of carbonyl (C=O) groups is 2. The highest BCUT2D eigenvalue weighted by Crippen LogP contribution is 2.31. The van der Waals surface area contributed by atoms with E-state index in [-0.39, 0.29) is 6.03 Å². The molecule has 1 aromatic rings. The van der Waals surface area contributed by atoms with Crippen molar-refractivity contribution in [3.05, 3.63) is 46.1 Å². The molecule has 6 heteroatoms. The quantitative estimate of drug-likeness (QED) is 0.808. The first-order valence-corrected chi connectivity index (χ1v) is 7.97. The molecule has 1 aliphatic heterocycles. The molecule has 2 rings (SSSR count). The Hall–Kier alpha value is -2.01. The van der Waals surface area contributed by atoms with Crippen molar-refractivity contribution in [2.75, 3.05) is 6.61 Å². The van der Waals surface area contributed by atoms with Gasteiger partial charge in [0.2, 0.25) is 0 Å². The van der Waals surface area contributed by atoms with Crippen molar-refractivity contribution in [3.8, 4) is 0 Å². The molecule has 1 heterocycles. The second kappa shape index (κ2) is 7.51. The van der Waals surface area contributed by atoms with E-state index in [4.69, 9.17) is 16.3 Å². The number of ether oxygens (including phenoxy) is 1. The van der Waals surface area contributed by atoms with Crippen LogP contribution in [0.3, 0.4) is 0 Å². The van der Waals surface area contributed by atoms with Crippen molar-refractivity contribution in [2.24, 2.45) is 5.92 Å². The van der Waals surface area contributed by atoms with Crippen LogP contribution in [0.25, 0.3) is 0 Å². The fourth-order valence-electron chi connectivity index (χ4n) is 2.37. The van der Waals surface area contributed by atoms with E-state index in [0.29, 0.717) is 34.4 Å². The van der Waals surface area contributed by atoms with Gasteiger partial charge in [0, 0.05) is 10.7 Å². The van der Waals surface area contributed by atoms with E-state index >= 15 is 0 Å². The molecule has 0 radical (unpaired) electrons. The normalized spacial score (nSPS) is 17.8. The summed E-state index contributed by atoms with van der Waals surface area (Å²) in [5, 5.41) is 5.84. The molecule has 0 aromatic heterocycles. The lowest BCUT2D eigenvalue weighted by Crippen LogP contribution is -2.45. The largest absolute Gasteiger partial charge is 0.462 e. The molecule has 0 aliphatic carbocycles. The van der Waals surface area contributed by atoms with E-state index in [9.17, 15) is 9.59 Å². The predicted molar refractivity (Wildman–Crippen MR) is 89.0 cm³/mol. The summed E-state index contributed by atoms with van der Waals surface area (Å²) >= 11 is 6.22. The smallest absolute Gasteiger partial charge is 0.338 e. The Balaban J connectivity index is 2.28. The van der Waals surface area contributed by atoms with Crippen LogP contribution in [0.15, 0.2) is 35.5 Å². The lowest BCUT2D eigenvalue weighted by Gasteiger charge is -2.28. The Morgan fingerprint density at radius 1 is 1.35 bits per heavy atom. The fraction of sp³-hybridized carbons (Fsp3) is 0.412. The van der Waals surface area contributed by atoms with Gasteiger partial charge in [-0.3, -0.25) is 0 Å². The van der Waals surface area contributed by atoms with Crippen LogP contribution < -0.4 is 10.6 Å². The number of esters is 1. The Kier molecular flexibility index (Phi) is 5.66. The summed E-state index contributed by atoms with van der Waals surface area (Å²) < 4.78 is 5.36. The van der Waals surface area contributed by atoms with Gasteiger partial charge in [-0.15, -0.1) is 0 Å². The fourth-order valence-corrected chi connectivity index (χ4v) is 2.62. The van der Waals surface area contributed by atoms with Gasteiger partial charge in [-0.25, -0.2) is 9.59 Å². The number of allylic oxidation sites excluding steroid dienone is 1. The maximum atomic E-state index is 12.5. The standard InChI is InChI=1S/C17H21ClN2O3/c1-10(2)8-9-23-16(21)14-11(3)19-17(22)20-15(14)12-6-4-5-7-13(12)18/h4-7,10,15H,8-9H2,1-3H3,(H2,19,20,22). The number of urea groups is 1. The summed E-state index contributed by atoms with van der Waals surface area (Å²) in [5.74, 6) is 0.00185. The maximum Gasteiger partial charge on any atom is 0.338 e. The third-order valence-electron chi connectivity index (χ3n) is 3.63. The van der Waals surface area contributed by atoms with E-state index in [1.165, 1.54) is 0 Å². The second-order valence-corrected chi connectivity index (χ2v) is 6.32. The van der Waals surface area contributed by atoms with Crippen LogP contribution >= 0.6 is 11.6 Å². The molecular formula is C17H21ClN2O3. The minimum absolute atomic E-state index is 0.344. The van der Waals surface area contributed by atoms with Gasteiger partial charge in [0.05, 0.1) is 18.2 Å². The highest BCUT2D eigenvalue weighted by molar-refractivity contribution is 6.31. The number of nitrogens with one attached hydrogen (secondary N) is 2. The molecule has 1 unspecified atom stereocenters. The number of hydrogen-bond donors (Lipinski definition) is 2. The summed E-state index contributed by atoms with van der Waals surface area (Å²) in [6.45, 7) is 6.15. The lowest BCUT2D eigenvalue weighted by atomic mass is 9.95. The van der Waals surface area contributed by atoms with Gasteiger partial charge in [0.1, 0.15) is 0 Å². The van der Waals surface area contributed by atoms with Crippen molar-refractivity contribution in [1.29, 1.82) is 0 Å². The molecule has 0 bridgehead atoms. The predicted octanol–water partition coefficient (Wildman–Crippen LogP) is 3.56. The number of carbonyl (C=O) groups excluding carboxylic acids is 2. The van der Waals surface area contributed by atoms with Crippen LogP contribution in [0.5, 0.6) is 0 Å². The molecule has 2 amide bonds. The third kappa shape index (κ3) is 4.26. The zero-order valence-corrected chi connectivity index (χ0v) is 14.2. The topological polar surface area (TPSA) is 67.4 Å². The first kappa shape index (κ1) is 17.3. The number of hydrogen-bond acceptors (Lipinski definition) is 3. The van der Waals surface area contributed by atoms with Crippen LogP contribution in [-0.2, 0) is 9.53 Å². The number of benzene rings is 1. The molecule has 23 heavy (non-hydrogen) atoms. The number of rotatable bonds is 5. The molecule has 1 atom stereocenters. The molecule has 0 fully saturated rings. The van der Waals surface area contributed by atoms with Crippen molar-refractivity contribution >= 4 is 23.6 Å². The van der Waals surface area contributed by atoms with Gasteiger partial charge in [-0.05, 0) is 30.9 Å². The van der Waals surface area contributed by atoms with Crippen molar-refractivity contribution in [3.63, 3.8) is 0 Å². The lowest BCUT2D eigenvalue weighted by molar-refractivity contribution is -0.139. The third-order valence-corrected chi connectivity index (χ3v) is 3.98. The summed E-state index contributed by atoms with van der Waals surface area (Å²) in [5.41, 5.74) is 1.52. The summed E-state index contributed by atoms with van der Waals surface area (Å²) in [6, 6.07) is 6.13. The first-order chi connectivity index (χ1) is 10.9. The van der Waals surface area contributed by atoms with Crippen LogP contribution in [0.2, 0.25) is 5.02 Å². The molecule has 2 N–H and O–H groups in total. The minimum atomic E-state index is -0.621. The molecule has 0 saturated heterocycles. The Morgan fingerprint density at radius 2 is 2.04 bits per heavy atom. The zero-order valence-electron chi connectivity index (χ0n) is 13.5. The van der Waals surface area contributed by atoms with Crippen LogP contribution in [0.4, 0.5) is 4.79 Å². The molecule has 0 saturated carbocycles. The summed E-state index contributed by atoms with van der Waals surface area (Å²) in [6.07, 6.45) is 0.786. The molecular weight excluding hydrogens is 316 g/mol. The Labute approximate surface area is 141 Å². The summed E-state index contributed by atoms with van der Waals surface area (Å²) in [4.78, 5) is 24.3. The minimum Gasteiger partial charge on any atom is -0.462 e. The van der Waals surface area contributed by atoms with Crippen molar-refractivity contribution in [1.82, 2.24) is 10.6 Å². The highest BCUT2D eigenvalue weighted by Gasteiger charge is 2.33. The van der Waals surface area contributed by atoms with Crippen LogP contribution in [0.1, 0.15) is 38.8 Å². The number of halogens is 1. The van der Waals surface area contributed by atoms with E-state index in [2.05, 4.69) is 24.5 Å². The van der Waals surface area contributed by atoms with E-state index in [1.807, 2.05) is 6.07 Å². The van der Waals surface area contributed by atoms with Gasteiger partial charge in [-0.2, -0.15) is 0 Å².